The SMILES string of the molecule is CCC1CC(CC)N(C(C)=O)c2ccccc21. The quantitative estimate of drug-likeness (QED) is 0.759. The van der Waals surface area contributed by atoms with Crippen LogP contribution in [0.1, 0.15) is 51.5 Å². The van der Waals surface area contributed by atoms with Gasteiger partial charge >= 0.3 is 0 Å². The number of para-hydroxylation sites is 1. The van der Waals surface area contributed by atoms with E-state index in [2.05, 4.69) is 32.0 Å². The van der Waals surface area contributed by atoms with Gasteiger partial charge in [-0.2, -0.15) is 0 Å². The van der Waals surface area contributed by atoms with Crippen molar-refractivity contribution in [2.24, 2.45) is 0 Å². The second kappa shape index (κ2) is 4.91. The van der Waals surface area contributed by atoms with Gasteiger partial charge in [-0.1, -0.05) is 32.0 Å². The third kappa shape index (κ3) is 2.08. The molecule has 0 saturated heterocycles. The maximum atomic E-state index is 11.9. The van der Waals surface area contributed by atoms with Crippen LogP contribution in [-0.2, 0) is 4.79 Å². The Bertz CT molecular complexity index is 413. The molecule has 0 N–H and O–H groups in total. The van der Waals surface area contributed by atoms with Gasteiger partial charge in [-0.15, -0.1) is 0 Å². The Morgan fingerprint density at radius 1 is 1.29 bits per heavy atom. The first-order valence-corrected chi connectivity index (χ1v) is 6.57. The molecule has 0 aromatic heterocycles. The van der Waals surface area contributed by atoms with Crippen molar-refractivity contribution in [1.82, 2.24) is 0 Å². The van der Waals surface area contributed by atoms with Gasteiger partial charge in [0.25, 0.3) is 0 Å². The zero-order chi connectivity index (χ0) is 12.4. The summed E-state index contributed by atoms with van der Waals surface area (Å²) in [5, 5.41) is 0. The second-order valence-corrected chi connectivity index (χ2v) is 4.85. The molecule has 0 aliphatic carbocycles. The third-order valence-electron chi connectivity index (χ3n) is 3.86. The molecule has 1 aliphatic rings. The van der Waals surface area contributed by atoms with Gasteiger partial charge in [0.15, 0.2) is 0 Å². The number of amides is 1. The minimum atomic E-state index is 0.166. The maximum absolute atomic E-state index is 11.9. The Morgan fingerprint density at radius 2 is 2.00 bits per heavy atom. The first kappa shape index (κ1) is 12.2. The average Bonchev–Trinajstić information content (AvgIpc) is 2.36. The van der Waals surface area contributed by atoms with Crippen LogP contribution in [0.5, 0.6) is 0 Å². The molecule has 2 atom stereocenters. The standard InChI is InChI=1S/C15H21NO/c1-4-12-10-13(5-2)16(11(3)17)15-9-7-6-8-14(12)15/h6-9,12-13H,4-5,10H2,1-3H3. The summed E-state index contributed by atoms with van der Waals surface area (Å²) in [6, 6.07) is 8.73. The number of carbonyl (C=O) groups excluding carboxylic acids is 1. The summed E-state index contributed by atoms with van der Waals surface area (Å²) in [7, 11) is 0. The molecule has 1 aromatic rings. The number of carbonyl (C=O) groups is 1. The van der Waals surface area contributed by atoms with E-state index in [-0.39, 0.29) is 5.91 Å². The Hall–Kier alpha value is -1.31. The van der Waals surface area contributed by atoms with Crippen molar-refractivity contribution < 1.29 is 4.79 Å². The van der Waals surface area contributed by atoms with Crippen LogP contribution in [0.2, 0.25) is 0 Å². The van der Waals surface area contributed by atoms with Crippen molar-refractivity contribution in [2.75, 3.05) is 4.90 Å². The Labute approximate surface area is 104 Å². The molecule has 0 bridgehead atoms. The maximum Gasteiger partial charge on any atom is 0.224 e. The van der Waals surface area contributed by atoms with Gasteiger partial charge in [0.05, 0.1) is 0 Å². The van der Waals surface area contributed by atoms with E-state index in [1.54, 1.807) is 6.92 Å². The molecule has 1 aliphatic heterocycles. The smallest absolute Gasteiger partial charge is 0.224 e. The van der Waals surface area contributed by atoms with Crippen molar-refractivity contribution in [2.45, 2.75) is 52.0 Å². The summed E-state index contributed by atoms with van der Waals surface area (Å²) in [4.78, 5) is 13.8. The molecule has 0 spiro atoms. The fourth-order valence-corrected chi connectivity index (χ4v) is 2.97. The molecule has 0 radical (unpaired) electrons. The first-order valence-electron chi connectivity index (χ1n) is 6.57. The number of fused-ring (bicyclic) bond motifs is 1. The number of hydrogen-bond acceptors (Lipinski definition) is 1. The van der Waals surface area contributed by atoms with Crippen molar-refractivity contribution in [3.8, 4) is 0 Å². The van der Waals surface area contributed by atoms with Crippen LogP contribution in [0.15, 0.2) is 24.3 Å². The van der Waals surface area contributed by atoms with Gasteiger partial charge in [-0.05, 0) is 36.8 Å². The Balaban J connectivity index is 2.49. The predicted molar refractivity (Wildman–Crippen MR) is 71.3 cm³/mol. The van der Waals surface area contributed by atoms with E-state index < -0.39 is 0 Å². The highest BCUT2D eigenvalue weighted by atomic mass is 16.2. The molecule has 17 heavy (non-hydrogen) atoms. The zero-order valence-corrected chi connectivity index (χ0v) is 10.9. The molecular weight excluding hydrogens is 210 g/mol. The summed E-state index contributed by atoms with van der Waals surface area (Å²) in [5.41, 5.74) is 2.47. The molecule has 2 heteroatoms. The van der Waals surface area contributed by atoms with Gasteiger partial charge in [0, 0.05) is 18.7 Å². The number of benzene rings is 1. The lowest BCUT2D eigenvalue weighted by Crippen LogP contribution is -2.43. The summed E-state index contributed by atoms with van der Waals surface area (Å²) in [6.45, 7) is 6.07. The highest BCUT2D eigenvalue weighted by Gasteiger charge is 2.32. The predicted octanol–water partition coefficient (Wildman–Crippen LogP) is 3.72. The van der Waals surface area contributed by atoms with E-state index in [9.17, 15) is 4.79 Å². The molecule has 0 saturated carbocycles. The lowest BCUT2D eigenvalue weighted by Gasteiger charge is -2.40. The number of rotatable bonds is 2. The highest BCUT2D eigenvalue weighted by molar-refractivity contribution is 5.93. The largest absolute Gasteiger partial charge is 0.309 e. The van der Waals surface area contributed by atoms with E-state index in [1.165, 1.54) is 5.56 Å². The van der Waals surface area contributed by atoms with Gasteiger partial charge < -0.3 is 4.90 Å². The molecule has 92 valence electrons. The van der Waals surface area contributed by atoms with E-state index in [4.69, 9.17) is 0 Å². The van der Waals surface area contributed by atoms with Crippen molar-refractivity contribution in [3.05, 3.63) is 29.8 Å². The fourth-order valence-electron chi connectivity index (χ4n) is 2.97. The number of nitrogens with zero attached hydrogens (tertiary/aromatic N) is 1. The number of anilines is 1. The second-order valence-electron chi connectivity index (χ2n) is 4.85. The summed E-state index contributed by atoms with van der Waals surface area (Å²) in [6.07, 6.45) is 3.28. The third-order valence-corrected chi connectivity index (χ3v) is 3.86. The first-order chi connectivity index (χ1) is 8.19. The van der Waals surface area contributed by atoms with Gasteiger partial charge in [0.2, 0.25) is 5.91 Å². The van der Waals surface area contributed by atoms with Crippen LogP contribution in [0, 0.1) is 0 Å². The van der Waals surface area contributed by atoms with E-state index >= 15 is 0 Å². The van der Waals surface area contributed by atoms with Gasteiger partial charge in [0.1, 0.15) is 0 Å². The Morgan fingerprint density at radius 3 is 2.59 bits per heavy atom. The van der Waals surface area contributed by atoms with E-state index in [1.807, 2.05) is 11.0 Å². The molecule has 1 aromatic carbocycles. The normalized spacial score (nSPS) is 23.4. The van der Waals surface area contributed by atoms with Crippen molar-refractivity contribution in [3.63, 3.8) is 0 Å². The van der Waals surface area contributed by atoms with Gasteiger partial charge in [-0.3, -0.25) is 4.79 Å². The minimum Gasteiger partial charge on any atom is -0.309 e. The lowest BCUT2D eigenvalue weighted by molar-refractivity contribution is -0.117. The van der Waals surface area contributed by atoms with Crippen molar-refractivity contribution >= 4 is 11.6 Å². The van der Waals surface area contributed by atoms with Crippen LogP contribution >= 0.6 is 0 Å². The fraction of sp³-hybridized carbons (Fsp3) is 0.533. The summed E-state index contributed by atoms with van der Waals surface area (Å²) < 4.78 is 0. The summed E-state index contributed by atoms with van der Waals surface area (Å²) in [5.74, 6) is 0.769. The van der Waals surface area contributed by atoms with Crippen LogP contribution in [-0.4, -0.2) is 11.9 Å². The monoisotopic (exact) mass is 231 g/mol. The summed E-state index contributed by atoms with van der Waals surface area (Å²) >= 11 is 0. The van der Waals surface area contributed by atoms with Crippen LogP contribution < -0.4 is 4.90 Å². The molecule has 0 fully saturated rings. The minimum absolute atomic E-state index is 0.166. The topological polar surface area (TPSA) is 20.3 Å². The van der Waals surface area contributed by atoms with Crippen molar-refractivity contribution in [1.29, 1.82) is 0 Å². The zero-order valence-electron chi connectivity index (χ0n) is 10.9. The lowest BCUT2D eigenvalue weighted by atomic mass is 9.83. The molecular formula is C15H21NO. The molecule has 2 rings (SSSR count). The molecule has 2 nitrogen and oxygen atoms in total. The molecule has 1 heterocycles. The van der Waals surface area contributed by atoms with E-state index in [0.717, 1.165) is 24.9 Å². The van der Waals surface area contributed by atoms with Gasteiger partial charge in [-0.25, -0.2) is 0 Å². The number of hydrogen-bond donors (Lipinski definition) is 0. The van der Waals surface area contributed by atoms with Crippen LogP contribution in [0.25, 0.3) is 0 Å². The molecule has 2 unspecified atom stereocenters. The highest BCUT2D eigenvalue weighted by Crippen LogP contribution is 2.40. The van der Waals surface area contributed by atoms with Crippen LogP contribution in [0.4, 0.5) is 5.69 Å². The molecule has 1 amide bonds. The average molecular weight is 231 g/mol. The van der Waals surface area contributed by atoms with Crippen LogP contribution in [0.3, 0.4) is 0 Å². The Kier molecular flexibility index (Phi) is 3.51. The van der Waals surface area contributed by atoms with E-state index in [0.29, 0.717) is 12.0 Å².